The smallest absolute Gasteiger partial charge is 0.227 e. The van der Waals surface area contributed by atoms with Crippen LogP contribution in [0.1, 0.15) is 32.6 Å². The Balaban J connectivity index is 1.50. The number of hydrogen-bond donors (Lipinski definition) is 1. The molecule has 3 aromatic rings. The Hall–Kier alpha value is -3.49. The topological polar surface area (TPSA) is 79.2 Å². The number of benzene rings is 1. The second kappa shape index (κ2) is 8.94. The van der Waals surface area contributed by atoms with Crippen LogP contribution in [0.2, 0.25) is 0 Å². The Labute approximate surface area is 187 Å². The quantitative estimate of drug-likeness (QED) is 0.654. The average molecular weight is 438 g/mol. The summed E-state index contributed by atoms with van der Waals surface area (Å²) in [6.07, 6.45) is 2.83. The fourth-order valence-corrected chi connectivity index (χ4v) is 4.05. The maximum absolute atomic E-state index is 14.6. The number of aromatic nitrogens is 4. The van der Waals surface area contributed by atoms with E-state index < -0.39 is 5.82 Å². The summed E-state index contributed by atoms with van der Waals surface area (Å²) < 4.78 is 16.5. The summed E-state index contributed by atoms with van der Waals surface area (Å²) in [5.74, 6) is 0.757. The van der Waals surface area contributed by atoms with Crippen LogP contribution < -0.4 is 10.2 Å². The van der Waals surface area contributed by atoms with E-state index >= 15 is 0 Å². The Bertz CT molecular complexity index is 1100. The number of carbonyl (C=O) groups is 1. The number of nitrogens with zero attached hydrogens (tertiary/aromatic N) is 6. The van der Waals surface area contributed by atoms with Crippen molar-refractivity contribution >= 4 is 23.2 Å². The molecule has 1 N–H and O–H groups in total. The van der Waals surface area contributed by atoms with Gasteiger partial charge in [-0.15, -0.1) is 0 Å². The number of aryl methyl sites for hydroxylation is 1. The minimum absolute atomic E-state index is 0.120. The van der Waals surface area contributed by atoms with Gasteiger partial charge in [0.15, 0.2) is 5.82 Å². The number of carbonyl (C=O) groups excluding carboxylic acids is 1. The van der Waals surface area contributed by atoms with Gasteiger partial charge >= 0.3 is 0 Å². The lowest BCUT2D eigenvalue weighted by Crippen LogP contribution is -2.48. The molecular formula is C23H28FN7O. The van der Waals surface area contributed by atoms with E-state index in [9.17, 15) is 9.18 Å². The molecule has 32 heavy (non-hydrogen) atoms. The number of amides is 1. The van der Waals surface area contributed by atoms with Gasteiger partial charge in [0.2, 0.25) is 11.9 Å². The van der Waals surface area contributed by atoms with Crippen molar-refractivity contribution in [2.75, 3.05) is 36.4 Å². The van der Waals surface area contributed by atoms with Gasteiger partial charge in [-0.3, -0.25) is 4.79 Å². The number of anilines is 3. The summed E-state index contributed by atoms with van der Waals surface area (Å²) in [5, 5.41) is 3.16. The molecule has 1 aliphatic rings. The molecule has 1 aliphatic heterocycles. The van der Waals surface area contributed by atoms with Crippen molar-refractivity contribution in [3.8, 4) is 11.4 Å². The molecule has 3 heterocycles. The summed E-state index contributed by atoms with van der Waals surface area (Å²) in [7, 11) is 0. The van der Waals surface area contributed by atoms with E-state index in [4.69, 9.17) is 0 Å². The molecule has 0 bridgehead atoms. The lowest BCUT2D eigenvalue weighted by Gasteiger charge is -2.35. The van der Waals surface area contributed by atoms with Crippen LogP contribution in [0.15, 0.2) is 36.7 Å². The lowest BCUT2D eigenvalue weighted by atomic mass is 10.2. The highest BCUT2D eigenvalue weighted by molar-refractivity contribution is 5.73. The van der Waals surface area contributed by atoms with Gasteiger partial charge < -0.3 is 19.7 Å². The summed E-state index contributed by atoms with van der Waals surface area (Å²) >= 11 is 0. The van der Waals surface area contributed by atoms with Crippen LogP contribution in [-0.4, -0.2) is 56.5 Å². The maximum atomic E-state index is 14.6. The zero-order valence-corrected chi connectivity index (χ0v) is 18.8. The first-order valence-electron chi connectivity index (χ1n) is 10.8. The van der Waals surface area contributed by atoms with Gasteiger partial charge in [0.05, 0.1) is 18.1 Å². The lowest BCUT2D eigenvalue weighted by molar-refractivity contribution is -0.129. The fraction of sp³-hybridized carbons (Fsp3) is 0.391. The number of piperazine rings is 1. The Morgan fingerprint density at radius 1 is 1.06 bits per heavy atom. The molecule has 0 atom stereocenters. The molecule has 0 aliphatic carbocycles. The van der Waals surface area contributed by atoms with Gasteiger partial charge in [-0.1, -0.05) is 0 Å². The molecule has 1 saturated heterocycles. The van der Waals surface area contributed by atoms with Gasteiger partial charge in [-0.2, -0.15) is 0 Å². The molecule has 2 aromatic heterocycles. The van der Waals surface area contributed by atoms with Crippen molar-refractivity contribution in [3.05, 3.63) is 48.3 Å². The van der Waals surface area contributed by atoms with Crippen LogP contribution in [0.3, 0.4) is 0 Å². The second-order valence-corrected chi connectivity index (χ2v) is 8.21. The van der Waals surface area contributed by atoms with Crippen LogP contribution in [-0.2, 0) is 4.79 Å². The SMILES string of the molecule is CC(=O)N1CCN(c2ccc(Nc3ncc(F)c(-c4cnc(C)n4C(C)C)n3)cc2)CC1. The predicted octanol–water partition coefficient (Wildman–Crippen LogP) is 3.78. The van der Waals surface area contributed by atoms with E-state index in [-0.39, 0.29) is 17.6 Å². The third kappa shape index (κ3) is 4.42. The van der Waals surface area contributed by atoms with Crippen LogP contribution >= 0.6 is 0 Å². The molecule has 0 saturated carbocycles. The maximum Gasteiger partial charge on any atom is 0.227 e. The zero-order valence-electron chi connectivity index (χ0n) is 18.8. The Morgan fingerprint density at radius 2 is 1.75 bits per heavy atom. The fourth-order valence-electron chi connectivity index (χ4n) is 4.05. The first-order valence-corrected chi connectivity index (χ1v) is 10.8. The first-order chi connectivity index (χ1) is 15.3. The molecular weight excluding hydrogens is 409 g/mol. The van der Waals surface area contributed by atoms with Crippen LogP contribution in [0.25, 0.3) is 11.4 Å². The summed E-state index contributed by atoms with van der Waals surface area (Å²) in [5.41, 5.74) is 2.75. The second-order valence-electron chi connectivity index (χ2n) is 8.21. The van der Waals surface area contributed by atoms with E-state index in [2.05, 4.69) is 25.2 Å². The molecule has 1 aromatic carbocycles. The monoisotopic (exact) mass is 437 g/mol. The molecule has 8 nitrogen and oxygen atoms in total. The van der Waals surface area contributed by atoms with Gasteiger partial charge in [0, 0.05) is 50.5 Å². The predicted molar refractivity (Wildman–Crippen MR) is 123 cm³/mol. The number of hydrogen-bond acceptors (Lipinski definition) is 6. The molecule has 1 fully saturated rings. The number of rotatable bonds is 5. The van der Waals surface area contributed by atoms with Crippen molar-refractivity contribution in [1.29, 1.82) is 0 Å². The highest BCUT2D eigenvalue weighted by Gasteiger charge is 2.19. The zero-order chi connectivity index (χ0) is 22.8. The van der Waals surface area contributed by atoms with E-state index in [0.717, 1.165) is 43.4 Å². The van der Waals surface area contributed by atoms with Crippen LogP contribution in [0, 0.1) is 12.7 Å². The Morgan fingerprint density at radius 3 is 2.38 bits per heavy atom. The van der Waals surface area contributed by atoms with Gasteiger partial charge in [0.25, 0.3) is 0 Å². The van der Waals surface area contributed by atoms with Crippen molar-refractivity contribution in [1.82, 2.24) is 24.4 Å². The minimum atomic E-state index is -0.489. The van der Waals surface area contributed by atoms with Crippen LogP contribution in [0.5, 0.6) is 0 Å². The number of imidazole rings is 1. The van der Waals surface area contributed by atoms with Gasteiger partial charge in [-0.05, 0) is 45.0 Å². The van der Waals surface area contributed by atoms with Gasteiger partial charge in [0.1, 0.15) is 11.5 Å². The number of nitrogens with one attached hydrogen (secondary N) is 1. The highest BCUT2D eigenvalue weighted by Crippen LogP contribution is 2.27. The average Bonchev–Trinajstić information content (AvgIpc) is 3.17. The third-order valence-corrected chi connectivity index (χ3v) is 5.70. The van der Waals surface area contributed by atoms with E-state index in [1.165, 1.54) is 6.20 Å². The standard InChI is InChI=1S/C23H28FN7O/c1-15(2)31-16(3)25-14-21(31)22-20(24)13-26-23(28-22)27-18-5-7-19(8-6-18)30-11-9-29(10-12-30)17(4)32/h5-8,13-15H,9-12H2,1-4H3,(H,26,27,28). The molecule has 1 amide bonds. The summed E-state index contributed by atoms with van der Waals surface area (Å²) in [6.45, 7) is 10.6. The summed E-state index contributed by atoms with van der Waals surface area (Å²) in [4.78, 5) is 28.5. The normalized spacial score (nSPS) is 14.2. The molecule has 9 heteroatoms. The molecule has 0 radical (unpaired) electrons. The van der Waals surface area contributed by atoms with E-state index in [1.807, 2.05) is 54.5 Å². The van der Waals surface area contributed by atoms with E-state index in [0.29, 0.717) is 11.6 Å². The molecule has 0 unspecified atom stereocenters. The van der Waals surface area contributed by atoms with Gasteiger partial charge in [-0.25, -0.2) is 19.3 Å². The van der Waals surface area contributed by atoms with E-state index in [1.54, 1.807) is 13.1 Å². The molecule has 0 spiro atoms. The minimum Gasteiger partial charge on any atom is -0.368 e. The Kier molecular flexibility index (Phi) is 6.07. The third-order valence-electron chi connectivity index (χ3n) is 5.70. The molecule has 4 rings (SSSR count). The van der Waals surface area contributed by atoms with Crippen molar-refractivity contribution in [3.63, 3.8) is 0 Å². The van der Waals surface area contributed by atoms with Crippen LogP contribution in [0.4, 0.5) is 21.7 Å². The summed E-state index contributed by atoms with van der Waals surface area (Å²) in [6, 6.07) is 8.06. The van der Waals surface area contributed by atoms with Crippen molar-refractivity contribution < 1.29 is 9.18 Å². The highest BCUT2D eigenvalue weighted by atomic mass is 19.1. The molecule has 168 valence electrons. The van der Waals surface area contributed by atoms with Crippen molar-refractivity contribution in [2.45, 2.75) is 33.7 Å². The number of halogens is 1. The first kappa shape index (κ1) is 21.7. The largest absolute Gasteiger partial charge is 0.368 e. The van der Waals surface area contributed by atoms with Crippen molar-refractivity contribution in [2.24, 2.45) is 0 Å².